The quantitative estimate of drug-likeness (QED) is 0.668. The summed E-state index contributed by atoms with van der Waals surface area (Å²) in [5.74, 6) is 1.05. The van der Waals surface area contributed by atoms with Crippen LogP contribution in [0, 0.1) is 0 Å². The van der Waals surface area contributed by atoms with Gasteiger partial charge in [0.25, 0.3) is 0 Å². The molecule has 2 aromatic heterocycles. The van der Waals surface area contributed by atoms with Gasteiger partial charge < -0.3 is 4.57 Å². The van der Waals surface area contributed by atoms with E-state index in [0.717, 1.165) is 23.4 Å². The molecular weight excluding hydrogens is 210 g/mol. The van der Waals surface area contributed by atoms with Gasteiger partial charge in [0.2, 0.25) is 0 Å². The summed E-state index contributed by atoms with van der Waals surface area (Å²) in [6, 6.07) is 14.4. The summed E-state index contributed by atoms with van der Waals surface area (Å²) in [7, 11) is 2.04. The van der Waals surface area contributed by atoms with Crippen LogP contribution in [0.25, 0.3) is 11.2 Å². The molecule has 0 fully saturated rings. The number of imidazole rings is 1. The first-order valence-corrected chi connectivity index (χ1v) is 5.65. The number of rotatable bonds is 2. The molecule has 0 aliphatic heterocycles. The van der Waals surface area contributed by atoms with E-state index in [9.17, 15) is 0 Å². The van der Waals surface area contributed by atoms with Gasteiger partial charge in [-0.15, -0.1) is 0 Å². The van der Waals surface area contributed by atoms with Crippen molar-refractivity contribution in [2.24, 2.45) is 7.05 Å². The largest absolute Gasteiger partial charge is 0.329 e. The third-order valence-electron chi connectivity index (χ3n) is 2.95. The van der Waals surface area contributed by atoms with Crippen LogP contribution in [0.2, 0.25) is 0 Å². The summed E-state index contributed by atoms with van der Waals surface area (Å²) in [5, 5.41) is 0. The number of hydrogen-bond acceptors (Lipinski definition) is 2. The monoisotopic (exact) mass is 223 g/mol. The number of aryl methyl sites for hydroxylation is 1. The average Bonchev–Trinajstić information content (AvgIpc) is 2.68. The highest BCUT2D eigenvalue weighted by Crippen LogP contribution is 2.14. The molecule has 0 N–H and O–H groups in total. The highest BCUT2D eigenvalue weighted by molar-refractivity contribution is 5.71. The Morgan fingerprint density at radius 2 is 1.88 bits per heavy atom. The second-order valence-electron chi connectivity index (χ2n) is 4.10. The van der Waals surface area contributed by atoms with E-state index in [1.165, 1.54) is 5.56 Å². The number of aromatic nitrogens is 3. The van der Waals surface area contributed by atoms with Crippen LogP contribution < -0.4 is 0 Å². The number of fused-ring (bicyclic) bond motifs is 1. The Hall–Kier alpha value is -2.16. The summed E-state index contributed by atoms with van der Waals surface area (Å²) in [6.07, 6.45) is 2.62. The van der Waals surface area contributed by atoms with Crippen molar-refractivity contribution in [2.75, 3.05) is 0 Å². The first-order chi connectivity index (χ1) is 8.34. The summed E-state index contributed by atoms with van der Waals surface area (Å²) in [5.41, 5.74) is 3.17. The number of pyridine rings is 1. The molecule has 1 aromatic carbocycles. The molecule has 17 heavy (non-hydrogen) atoms. The maximum absolute atomic E-state index is 4.56. The molecule has 0 aliphatic rings. The van der Waals surface area contributed by atoms with Crippen molar-refractivity contribution in [3.8, 4) is 0 Å². The van der Waals surface area contributed by atoms with Crippen LogP contribution in [0.5, 0.6) is 0 Å². The van der Waals surface area contributed by atoms with Crippen LogP contribution in [-0.4, -0.2) is 14.5 Å². The third-order valence-corrected chi connectivity index (χ3v) is 2.95. The lowest BCUT2D eigenvalue weighted by Crippen LogP contribution is -1.98. The van der Waals surface area contributed by atoms with Gasteiger partial charge in [-0.3, -0.25) is 0 Å². The van der Waals surface area contributed by atoms with E-state index in [-0.39, 0.29) is 0 Å². The molecular formula is C14H13N3. The molecule has 0 radical (unpaired) electrons. The Balaban J connectivity index is 2.04. The zero-order chi connectivity index (χ0) is 11.7. The van der Waals surface area contributed by atoms with Crippen molar-refractivity contribution in [3.05, 3.63) is 60.0 Å². The van der Waals surface area contributed by atoms with Crippen molar-refractivity contribution in [1.82, 2.24) is 14.5 Å². The van der Waals surface area contributed by atoms with Gasteiger partial charge in [0.1, 0.15) is 5.82 Å². The minimum absolute atomic E-state index is 0.820. The lowest BCUT2D eigenvalue weighted by molar-refractivity contribution is 0.844. The van der Waals surface area contributed by atoms with Crippen LogP contribution in [0.3, 0.4) is 0 Å². The summed E-state index contributed by atoms with van der Waals surface area (Å²) >= 11 is 0. The van der Waals surface area contributed by atoms with Gasteiger partial charge in [-0.05, 0) is 17.7 Å². The SMILES string of the molecule is Cn1c(Cc2ccccc2)nc2ncccc21. The standard InChI is InChI=1S/C14H13N3/c1-17-12-8-5-9-15-14(12)16-13(17)10-11-6-3-2-4-7-11/h2-9H,10H2,1H3. The molecule has 3 nitrogen and oxygen atoms in total. The molecule has 0 aliphatic carbocycles. The molecule has 3 aromatic rings. The van der Waals surface area contributed by atoms with Crippen LogP contribution in [-0.2, 0) is 13.5 Å². The molecule has 0 amide bonds. The van der Waals surface area contributed by atoms with Gasteiger partial charge >= 0.3 is 0 Å². The van der Waals surface area contributed by atoms with Crippen LogP contribution >= 0.6 is 0 Å². The maximum atomic E-state index is 4.56. The predicted octanol–water partition coefficient (Wildman–Crippen LogP) is 2.56. The molecule has 84 valence electrons. The second kappa shape index (κ2) is 4.01. The Bertz CT molecular complexity index is 641. The van der Waals surface area contributed by atoms with Gasteiger partial charge in [0.15, 0.2) is 5.65 Å². The normalized spacial score (nSPS) is 10.9. The van der Waals surface area contributed by atoms with Gasteiger partial charge in [-0.2, -0.15) is 0 Å². The second-order valence-corrected chi connectivity index (χ2v) is 4.10. The molecule has 2 heterocycles. The highest BCUT2D eigenvalue weighted by atomic mass is 15.1. The summed E-state index contributed by atoms with van der Waals surface area (Å²) in [4.78, 5) is 8.83. The minimum atomic E-state index is 0.820. The highest BCUT2D eigenvalue weighted by Gasteiger charge is 2.08. The lowest BCUT2D eigenvalue weighted by atomic mass is 10.1. The van der Waals surface area contributed by atoms with Crippen LogP contribution in [0.15, 0.2) is 48.7 Å². The molecule has 0 saturated heterocycles. The minimum Gasteiger partial charge on any atom is -0.329 e. The fraction of sp³-hybridized carbons (Fsp3) is 0.143. The molecule has 0 unspecified atom stereocenters. The van der Waals surface area contributed by atoms with Crippen LogP contribution in [0.4, 0.5) is 0 Å². The van der Waals surface area contributed by atoms with E-state index < -0.39 is 0 Å². The van der Waals surface area contributed by atoms with Crippen molar-refractivity contribution in [3.63, 3.8) is 0 Å². The molecule has 0 spiro atoms. The lowest BCUT2D eigenvalue weighted by Gasteiger charge is -2.01. The van der Waals surface area contributed by atoms with E-state index in [1.807, 2.05) is 25.2 Å². The van der Waals surface area contributed by atoms with Crippen molar-refractivity contribution < 1.29 is 0 Å². The van der Waals surface area contributed by atoms with Crippen LogP contribution in [0.1, 0.15) is 11.4 Å². The van der Waals surface area contributed by atoms with Gasteiger partial charge in [0, 0.05) is 19.7 Å². The topological polar surface area (TPSA) is 30.7 Å². The molecule has 0 atom stereocenters. The summed E-state index contributed by atoms with van der Waals surface area (Å²) in [6.45, 7) is 0. The zero-order valence-corrected chi connectivity index (χ0v) is 9.67. The average molecular weight is 223 g/mol. The van der Waals surface area contributed by atoms with Crippen molar-refractivity contribution in [2.45, 2.75) is 6.42 Å². The first-order valence-electron chi connectivity index (χ1n) is 5.65. The Morgan fingerprint density at radius 1 is 1.06 bits per heavy atom. The van der Waals surface area contributed by atoms with Crippen molar-refractivity contribution in [1.29, 1.82) is 0 Å². The molecule has 3 heteroatoms. The fourth-order valence-corrected chi connectivity index (χ4v) is 2.01. The summed E-state index contributed by atoms with van der Waals surface area (Å²) < 4.78 is 2.11. The van der Waals surface area contributed by atoms with Gasteiger partial charge in [-0.25, -0.2) is 9.97 Å². The molecule has 3 rings (SSSR count). The number of nitrogens with zero attached hydrogens (tertiary/aromatic N) is 3. The van der Waals surface area contributed by atoms with E-state index in [2.05, 4.69) is 38.8 Å². The maximum Gasteiger partial charge on any atom is 0.177 e. The van der Waals surface area contributed by atoms with Gasteiger partial charge in [-0.1, -0.05) is 30.3 Å². The molecule has 0 bridgehead atoms. The Kier molecular flexibility index (Phi) is 2.37. The van der Waals surface area contributed by atoms with Gasteiger partial charge in [0.05, 0.1) is 5.52 Å². The van der Waals surface area contributed by atoms with E-state index in [1.54, 1.807) is 6.20 Å². The number of hydrogen-bond donors (Lipinski definition) is 0. The Morgan fingerprint density at radius 3 is 2.65 bits per heavy atom. The Labute approximate surface area is 99.8 Å². The fourth-order valence-electron chi connectivity index (χ4n) is 2.01. The zero-order valence-electron chi connectivity index (χ0n) is 9.67. The van der Waals surface area contributed by atoms with Crippen molar-refractivity contribution >= 4 is 11.2 Å². The third kappa shape index (κ3) is 1.80. The smallest absolute Gasteiger partial charge is 0.177 e. The number of benzene rings is 1. The van der Waals surface area contributed by atoms with E-state index in [4.69, 9.17) is 0 Å². The van der Waals surface area contributed by atoms with E-state index >= 15 is 0 Å². The first kappa shape index (κ1) is 10.0. The predicted molar refractivity (Wildman–Crippen MR) is 67.8 cm³/mol. The van der Waals surface area contributed by atoms with E-state index in [0.29, 0.717) is 0 Å². The molecule has 0 saturated carbocycles.